The van der Waals surface area contributed by atoms with E-state index in [1.165, 1.54) is 7.05 Å². The van der Waals surface area contributed by atoms with E-state index in [9.17, 15) is 14.4 Å². The molecular weight excluding hydrogens is 222 g/mol. The van der Waals surface area contributed by atoms with Gasteiger partial charge in [-0.05, 0) is 6.42 Å². The predicted octanol–water partition coefficient (Wildman–Crippen LogP) is -1.24. The highest BCUT2D eigenvalue weighted by molar-refractivity contribution is 6.06. The van der Waals surface area contributed by atoms with Gasteiger partial charge in [-0.3, -0.25) is 19.3 Å². The third-order valence-corrected chi connectivity index (χ3v) is 3.15. The fourth-order valence-electron chi connectivity index (χ4n) is 2.07. The van der Waals surface area contributed by atoms with Crippen LogP contribution in [0, 0.1) is 5.92 Å². The lowest BCUT2D eigenvalue weighted by atomic mass is 10.1. The lowest BCUT2D eigenvalue weighted by molar-refractivity contribution is -0.138. The zero-order valence-corrected chi connectivity index (χ0v) is 9.55. The molecule has 92 valence electrons. The molecule has 6 nitrogen and oxygen atoms in total. The number of likely N-dealkylation sites (N-methyl/N-ethyl adjacent to an activating group) is 1. The highest BCUT2D eigenvalue weighted by Crippen LogP contribution is 2.18. The summed E-state index contributed by atoms with van der Waals surface area (Å²) in [6.07, 6.45) is 4.11. The van der Waals surface area contributed by atoms with Crippen molar-refractivity contribution in [2.45, 2.75) is 24.9 Å². The molecule has 0 aromatic carbocycles. The normalized spacial score (nSPS) is 32.4. The van der Waals surface area contributed by atoms with Crippen LogP contribution in [-0.4, -0.2) is 41.8 Å². The Morgan fingerprint density at radius 3 is 2.65 bits per heavy atom. The van der Waals surface area contributed by atoms with E-state index in [1.807, 2.05) is 0 Å². The van der Waals surface area contributed by atoms with E-state index in [1.54, 1.807) is 12.2 Å². The lowest BCUT2D eigenvalue weighted by Crippen LogP contribution is -2.43. The third kappa shape index (κ3) is 2.21. The first kappa shape index (κ1) is 11.8. The number of carbonyl (C=O) groups excluding carboxylic acids is 3. The Morgan fingerprint density at radius 2 is 2.18 bits per heavy atom. The number of nitrogens with one attached hydrogen (secondary N) is 1. The van der Waals surface area contributed by atoms with E-state index < -0.39 is 6.04 Å². The third-order valence-electron chi connectivity index (χ3n) is 3.15. The summed E-state index contributed by atoms with van der Waals surface area (Å²) in [5.41, 5.74) is 5.65. The van der Waals surface area contributed by atoms with Gasteiger partial charge in [0.15, 0.2) is 0 Å². The summed E-state index contributed by atoms with van der Waals surface area (Å²) in [4.78, 5) is 35.7. The summed E-state index contributed by atoms with van der Waals surface area (Å²) >= 11 is 0. The molecule has 3 N–H and O–H groups in total. The van der Waals surface area contributed by atoms with Gasteiger partial charge < -0.3 is 11.1 Å². The molecule has 1 heterocycles. The highest BCUT2D eigenvalue weighted by Gasteiger charge is 2.38. The molecule has 3 unspecified atom stereocenters. The molecule has 0 saturated carbocycles. The minimum Gasteiger partial charge on any atom is -0.343 e. The maximum Gasteiger partial charge on any atom is 0.252 e. The van der Waals surface area contributed by atoms with E-state index in [2.05, 4.69) is 5.32 Å². The van der Waals surface area contributed by atoms with Gasteiger partial charge in [0.05, 0.1) is 12.3 Å². The van der Waals surface area contributed by atoms with Crippen molar-refractivity contribution >= 4 is 17.7 Å². The van der Waals surface area contributed by atoms with Crippen LogP contribution in [-0.2, 0) is 14.4 Å². The van der Waals surface area contributed by atoms with Crippen LogP contribution in [0.4, 0.5) is 0 Å². The Balaban J connectivity index is 1.94. The van der Waals surface area contributed by atoms with Gasteiger partial charge in [0.2, 0.25) is 11.8 Å². The molecule has 17 heavy (non-hydrogen) atoms. The maximum atomic E-state index is 11.8. The van der Waals surface area contributed by atoms with Gasteiger partial charge in [-0.15, -0.1) is 0 Å². The summed E-state index contributed by atoms with van der Waals surface area (Å²) in [7, 11) is 1.42. The summed E-state index contributed by atoms with van der Waals surface area (Å²) < 4.78 is 0. The van der Waals surface area contributed by atoms with Crippen molar-refractivity contribution in [3.05, 3.63) is 12.2 Å². The number of rotatable bonds is 2. The van der Waals surface area contributed by atoms with Crippen LogP contribution in [0.5, 0.6) is 0 Å². The van der Waals surface area contributed by atoms with Gasteiger partial charge in [0, 0.05) is 13.1 Å². The van der Waals surface area contributed by atoms with Crippen molar-refractivity contribution in [2.75, 3.05) is 7.05 Å². The molecule has 0 aromatic heterocycles. The minimum atomic E-state index is -0.717. The largest absolute Gasteiger partial charge is 0.343 e. The number of hydrogen-bond acceptors (Lipinski definition) is 4. The Morgan fingerprint density at radius 1 is 1.47 bits per heavy atom. The number of amides is 3. The molecule has 1 aliphatic carbocycles. The quantitative estimate of drug-likeness (QED) is 0.464. The van der Waals surface area contributed by atoms with Gasteiger partial charge in [-0.2, -0.15) is 0 Å². The SMILES string of the molecule is CN1C(=O)CC(NC(=O)C2C=CC(N)C2)C1=O. The standard InChI is InChI=1S/C11H15N3O3/c1-14-9(15)5-8(11(14)17)13-10(16)6-2-3-7(12)4-6/h2-3,6-8H,4-5,12H2,1H3,(H,13,16). The fraction of sp³-hybridized carbons (Fsp3) is 0.545. The minimum absolute atomic E-state index is 0.0452. The highest BCUT2D eigenvalue weighted by atomic mass is 16.2. The maximum absolute atomic E-state index is 11.8. The molecule has 0 bridgehead atoms. The first-order valence-corrected chi connectivity index (χ1v) is 5.53. The van der Waals surface area contributed by atoms with Crippen molar-refractivity contribution in [1.82, 2.24) is 10.2 Å². The first-order chi connectivity index (χ1) is 7.99. The summed E-state index contributed by atoms with van der Waals surface area (Å²) in [6.45, 7) is 0. The average molecular weight is 237 g/mol. The lowest BCUT2D eigenvalue weighted by Gasteiger charge is -2.14. The Hall–Kier alpha value is -1.69. The molecule has 0 spiro atoms. The van der Waals surface area contributed by atoms with Crippen LogP contribution in [0.2, 0.25) is 0 Å². The zero-order chi connectivity index (χ0) is 12.6. The Bertz CT molecular complexity index is 405. The second-order valence-electron chi connectivity index (χ2n) is 4.45. The Labute approximate surface area is 98.8 Å². The fourth-order valence-corrected chi connectivity index (χ4v) is 2.07. The number of nitrogens with two attached hydrogens (primary N) is 1. The van der Waals surface area contributed by atoms with E-state index in [4.69, 9.17) is 5.73 Å². The van der Waals surface area contributed by atoms with Crippen LogP contribution in [0.1, 0.15) is 12.8 Å². The number of carbonyl (C=O) groups is 3. The molecule has 6 heteroatoms. The van der Waals surface area contributed by atoms with Crippen LogP contribution in [0.25, 0.3) is 0 Å². The predicted molar refractivity (Wildman–Crippen MR) is 59.5 cm³/mol. The number of nitrogens with zero attached hydrogens (tertiary/aromatic N) is 1. The molecule has 2 aliphatic rings. The van der Waals surface area contributed by atoms with Gasteiger partial charge in [0.1, 0.15) is 6.04 Å². The van der Waals surface area contributed by atoms with Crippen LogP contribution in [0.3, 0.4) is 0 Å². The van der Waals surface area contributed by atoms with Gasteiger partial charge >= 0.3 is 0 Å². The van der Waals surface area contributed by atoms with Crippen LogP contribution < -0.4 is 11.1 Å². The van der Waals surface area contributed by atoms with Crippen LogP contribution in [0.15, 0.2) is 12.2 Å². The molecule has 3 atom stereocenters. The molecule has 2 rings (SSSR count). The smallest absolute Gasteiger partial charge is 0.252 e. The molecule has 0 radical (unpaired) electrons. The van der Waals surface area contributed by atoms with E-state index in [-0.39, 0.29) is 36.1 Å². The number of imide groups is 1. The first-order valence-electron chi connectivity index (χ1n) is 5.53. The topological polar surface area (TPSA) is 92.5 Å². The number of hydrogen-bond donors (Lipinski definition) is 2. The van der Waals surface area contributed by atoms with Crippen molar-refractivity contribution in [1.29, 1.82) is 0 Å². The van der Waals surface area contributed by atoms with Gasteiger partial charge in [0.25, 0.3) is 5.91 Å². The van der Waals surface area contributed by atoms with E-state index in [0.29, 0.717) is 6.42 Å². The molecule has 1 fully saturated rings. The van der Waals surface area contributed by atoms with Gasteiger partial charge in [-0.1, -0.05) is 12.2 Å². The average Bonchev–Trinajstić information content (AvgIpc) is 2.80. The molecular formula is C11H15N3O3. The van der Waals surface area contributed by atoms with Gasteiger partial charge in [-0.25, -0.2) is 0 Å². The molecule has 1 saturated heterocycles. The molecule has 1 aliphatic heterocycles. The van der Waals surface area contributed by atoms with Crippen molar-refractivity contribution in [3.8, 4) is 0 Å². The second-order valence-corrected chi connectivity index (χ2v) is 4.45. The molecule has 3 amide bonds. The monoisotopic (exact) mass is 237 g/mol. The van der Waals surface area contributed by atoms with Crippen LogP contribution >= 0.6 is 0 Å². The summed E-state index contributed by atoms with van der Waals surface area (Å²) in [5, 5.41) is 2.59. The molecule has 0 aromatic rings. The zero-order valence-electron chi connectivity index (χ0n) is 9.55. The number of likely N-dealkylation sites (tertiary alicyclic amines) is 1. The van der Waals surface area contributed by atoms with E-state index in [0.717, 1.165) is 4.90 Å². The summed E-state index contributed by atoms with van der Waals surface area (Å²) in [6, 6.07) is -0.820. The Kier molecular flexibility index (Phi) is 2.97. The second kappa shape index (κ2) is 4.29. The van der Waals surface area contributed by atoms with Crippen molar-refractivity contribution in [3.63, 3.8) is 0 Å². The van der Waals surface area contributed by atoms with Crippen molar-refractivity contribution in [2.24, 2.45) is 11.7 Å². The van der Waals surface area contributed by atoms with E-state index >= 15 is 0 Å². The van der Waals surface area contributed by atoms with Crippen molar-refractivity contribution < 1.29 is 14.4 Å². The summed E-state index contributed by atoms with van der Waals surface area (Å²) in [5.74, 6) is -1.15.